The number of rotatable bonds is 18. The lowest BCUT2D eigenvalue weighted by molar-refractivity contribution is -0.126. The molecule has 0 aliphatic carbocycles. The standard InChI is InChI=1S/C42H52N6O7/c1-27(2)36(47-41(52)54-25-32-15-9-11-21-43-32)39(50)45-34(23-30-13-7-6-8-14-30)38(49)35(24-31-19-17-29(5)18-20-31)46-40(51)37(28(3)4)48-42(53)55-26-33-16-10-12-22-44-33/h6-22,27-28,34-38,49H,23-26H2,1-5H3,(H,45,50)(H,46,51)(H,47,52)(H,48,53)/t34-,35-,36-,37-,38+/m0/s1. The van der Waals surface area contributed by atoms with E-state index >= 15 is 0 Å². The second-order valence-corrected chi connectivity index (χ2v) is 14.1. The van der Waals surface area contributed by atoms with Gasteiger partial charge in [0.1, 0.15) is 25.3 Å². The summed E-state index contributed by atoms with van der Waals surface area (Å²) in [6.45, 7) is 8.94. The van der Waals surface area contributed by atoms with E-state index in [0.29, 0.717) is 11.4 Å². The second-order valence-electron chi connectivity index (χ2n) is 14.1. The molecule has 13 nitrogen and oxygen atoms in total. The van der Waals surface area contributed by atoms with Crippen molar-refractivity contribution in [3.05, 3.63) is 131 Å². The van der Waals surface area contributed by atoms with Gasteiger partial charge in [0.15, 0.2) is 0 Å². The fourth-order valence-corrected chi connectivity index (χ4v) is 5.84. The van der Waals surface area contributed by atoms with Crippen LogP contribution in [0.3, 0.4) is 0 Å². The van der Waals surface area contributed by atoms with Crippen LogP contribution in [0.2, 0.25) is 0 Å². The Kier molecular flexibility index (Phi) is 16.1. The second kappa shape index (κ2) is 21.2. The van der Waals surface area contributed by atoms with Crippen molar-refractivity contribution in [3.63, 3.8) is 0 Å². The lowest BCUT2D eigenvalue weighted by Gasteiger charge is -2.34. The van der Waals surface area contributed by atoms with E-state index in [1.54, 1.807) is 76.5 Å². The number of hydrogen-bond acceptors (Lipinski definition) is 9. The molecule has 4 amide bonds. The summed E-state index contributed by atoms with van der Waals surface area (Å²) in [6.07, 6.45) is 0.662. The van der Waals surface area contributed by atoms with Crippen LogP contribution in [0.4, 0.5) is 9.59 Å². The Morgan fingerprint density at radius 1 is 0.582 bits per heavy atom. The molecule has 5 atom stereocenters. The SMILES string of the molecule is Cc1ccc(C[C@H](NC(=O)[C@@H](NC(=O)OCc2ccccn2)C(C)C)[C@H](O)[C@H](Cc2ccccc2)NC(=O)[C@@H](NC(=O)OCc2ccccn2)C(C)C)cc1. The summed E-state index contributed by atoms with van der Waals surface area (Å²) >= 11 is 0. The van der Waals surface area contributed by atoms with Gasteiger partial charge in [0.05, 0.1) is 29.6 Å². The molecule has 55 heavy (non-hydrogen) atoms. The van der Waals surface area contributed by atoms with Crippen molar-refractivity contribution in [1.29, 1.82) is 0 Å². The lowest BCUT2D eigenvalue weighted by Crippen LogP contribution is -2.61. The van der Waals surface area contributed by atoms with Gasteiger partial charge in [0.25, 0.3) is 0 Å². The Bertz CT molecular complexity index is 1790. The normalized spacial score (nSPS) is 13.8. The minimum Gasteiger partial charge on any atom is -0.443 e. The summed E-state index contributed by atoms with van der Waals surface area (Å²) in [5, 5.41) is 23.5. The minimum atomic E-state index is -1.33. The van der Waals surface area contributed by atoms with E-state index in [0.717, 1.165) is 16.7 Å². The highest BCUT2D eigenvalue weighted by Gasteiger charge is 2.36. The number of aliphatic hydroxyl groups excluding tert-OH is 1. The third-order valence-electron chi connectivity index (χ3n) is 8.95. The highest BCUT2D eigenvalue weighted by molar-refractivity contribution is 5.87. The molecule has 0 radical (unpaired) electrons. The highest BCUT2D eigenvalue weighted by atomic mass is 16.6. The van der Waals surface area contributed by atoms with Crippen molar-refractivity contribution in [1.82, 2.24) is 31.2 Å². The molecule has 0 aliphatic heterocycles. The molecule has 0 saturated heterocycles. The quantitative estimate of drug-likeness (QED) is 0.0954. The molecule has 0 unspecified atom stereocenters. The number of nitrogens with zero attached hydrogens (tertiary/aromatic N) is 2. The molecule has 13 heteroatoms. The van der Waals surface area contributed by atoms with Crippen LogP contribution >= 0.6 is 0 Å². The monoisotopic (exact) mass is 752 g/mol. The van der Waals surface area contributed by atoms with Gasteiger partial charge < -0.3 is 35.8 Å². The molecule has 2 aromatic heterocycles. The van der Waals surface area contributed by atoms with Crippen molar-refractivity contribution < 1.29 is 33.8 Å². The predicted molar refractivity (Wildman–Crippen MR) is 207 cm³/mol. The van der Waals surface area contributed by atoms with Crippen molar-refractivity contribution >= 4 is 24.0 Å². The van der Waals surface area contributed by atoms with Gasteiger partial charge in [0, 0.05) is 12.4 Å². The van der Waals surface area contributed by atoms with E-state index in [4.69, 9.17) is 9.47 Å². The number of pyridine rings is 2. The summed E-state index contributed by atoms with van der Waals surface area (Å²) in [4.78, 5) is 61.9. The van der Waals surface area contributed by atoms with Crippen LogP contribution in [0.25, 0.3) is 0 Å². The molecule has 292 valence electrons. The average Bonchev–Trinajstić information content (AvgIpc) is 3.18. The van der Waals surface area contributed by atoms with E-state index in [1.165, 1.54) is 0 Å². The van der Waals surface area contributed by atoms with Crippen LogP contribution < -0.4 is 21.3 Å². The predicted octanol–water partition coefficient (Wildman–Crippen LogP) is 4.80. The number of aliphatic hydroxyl groups is 1. The maximum Gasteiger partial charge on any atom is 0.408 e. The molecule has 5 N–H and O–H groups in total. The zero-order chi connectivity index (χ0) is 39.7. The third-order valence-corrected chi connectivity index (χ3v) is 8.95. The number of nitrogens with one attached hydrogen (secondary N) is 4. The van der Waals surface area contributed by atoms with E-state index in [-0.39, 0.29) is 37.9 Å². The molecule has 4 aromatic rings. The number of carbonyl (C=O) groups excluding carboxylic acids is 4. The molecule has 0 saturated carbocycles. The molecule has 0 aliphatic rings. The lowest BCUT2D eigenvalue weighted by atomic mass is 9.91. The first-order chi connectivity index (χ1) is 26.4. The molecule has 0 spiro atoms. The fourth-order valence-electron chi connectivity index (χ4n) is 5.84. The van der Waals surface area contributed by atoms with Gasteiger partial charge in [-0.3, -0.25) is 19.6 Å². The number of amides is 4. The third kappa shape index (κ3) is 13.8. The van der Waals surface area contributed by atoms with Crippen LogP contribution in [0, 0.1) is 18.8 Å². The zero-order valence-electron chi connectivity index (χ0n) is 32.0. The summed E-state index contributed by atoms with van der Waals surface area (Å²) < 4.78 is 10.7. The van der Waals surface area contributed by atoms with Gasteiger partial charge in [-0.05, 0) is 67.0 Å². The van der Waals surface area contributed by atoms with Crippen molar-refractivity contribution in [3.8, 4) is 0 Å². The van der Waals surface area contributed by atoms with E-state index in [1.807, 2.05) is 61.5 Å². The smallest absolute Gasteiger partial charge is 0.408 e. The van der Waals surface area contributed by atoms with Crippen LogP contribution in [0.5, 0.6) is 0 Å². The Morgan fingerprint density at radius 2 is 1.00 bits per heavy atom. The first-order valence-corrected chi connectivity index (χ1v) is 18.4. The fraction of sp³-hybridized carbons (Fsp3) is 0.381. The van der Waals surface area contributed by atoms with E-state index in [9.17, 15) is 24.3 Å². The van der Waals surface area contributed by atoms with Gasteiger partial charge in [-0.2, -0.15) is 0 Å². The maximum atomic E-state index is 14.0. The Hall–Kier alpha value is -5.82. The number of aromatic nitrogens is 2. The number of alkyl carbamates (subject to hydrolysis) is 2. The van der Waals surface area contributed by atoms with Gasteiger partial charge in [-0.25, -0.2) is 9.59 Å². The summed E-state index contributed by atoms with van der Waals surface area (Å²) in [7, 11) is 0. The Labute approximate surface area is 322 Å². The van der Waals surface area contributed by atoms with Crippen LogP contribution in [0.15, 0.2) is 103 Å². The van der Waals surface area contributed by atoms with Crippen LogP contribution in [-0.4, -0.2) is 69.3 Å². The summed E-state index contributed by atoms with van der Waals surface area (Å²) in [5.74, 6) is -1.78. The van der Waals surface area contributed by atoms with E-state index in [2.05, 4.69) is 31.2 Å². The van der Waals surface area contributed by atoms with E-state index < -0.39 is 54.3 Å². The average molecular weight is 753 g/mol. The zero-order valence-corrected chi connectivity index (χ0v) is 32.0. The molecule has 2 aromatic carbocycles. The van der Waals surface area contributed by atoms with Crippen molar-refractivity contribution in [2.24, 2.45) is 11.8 Å². The first kappa shape index (κ1) is 41.9. The van der Waals surface area contributed by atoms with Crippen LogP contribution in [-0.2, 0) is 45.1 Å². The van der Waals surface area contributed by atoms with Crippen molar-refractivity contribution in [2.45, 2.75) is 90.9 Å². The van der Waals surface area contributed by atoms with Gasteiger partial charge in [0.2, 0.25) is 11.8 Å². The summed E-state index contributed by atoms with van der Waals surface area (Å²) in [6, 6.07) is 23.6. The van der Waals surface area contributed by atoms with Gasteiger partial charge >= 0.3 is 12.2 Å². The Morgan fingerprint density at radius 3 is 1.40 bits per heavy atom. The number of aryl methyl sites for hydroxylation is 1. The number of ether oxygens (including phenoxy) is 2. The topological polar surface area (TPSA) is 181 Å². The number of carbonyl (C=O) groups is 4. The maximum absolute atomic E-state index is 14.0. The van der Waals surface area contributed by atoms with Gasteiger partial charge in [-0.1, -0.05) is 100.0 Å². The molecular formula is C42H52N6O7. The number of benzene rings is 2. The molecule has 2 heterocycles. The minimum absolute atomic E-state index is 0.0803. The molecule has 0 fully saturated rings. The first-order valence-electron chi connectivity index (χ1n) is 18.4. The molecular weight excluding hydrogens is 700 g/mol. The van der Waals surface area contributed by atoms with Crippen LogP contribution in [0.1, 0.15) is 55.8 Å². The Balaban J connectivity index is 1.56. The van der Waals surface area contributed by atoms with Gasteiger partial charge in [-0.15, -0.1) is 0 Å². The molecule has 0 bridgehead atoms. The largest absolute Gasteiger partial charge is 0.443 e. The number of hydrogen-bond donors (Lipinski definition) is 5. The highest BCUT2D eigenvalue weighted by Crippen LogP contribution is 2.17. The van der Waals surface area contributed by atoms with Crippen molar-refractivity contribution in [2.75, 3.05) is 0 Å². The molecule has 4 rings (SSSR count). The summed E-state index contributed by atoms with van der Waals surface area (Å²) in [5.41, 5.74) is 3.80.